The SMILES string of the molecule is C1C2CC3CC1CC1(C2)C[C@@H]31. The molecule has 0 N–H and O–H groups in total. The van der Waals surface area contributed by atoms with Crippen LogP contribution in [0.2, 0.25) is 0 Å². The Kier molecular flexibility index (Phi) is 0.717. The summed E-state index contributed by atoms with van der Waals surface area (Å²) in [6.07, 6.45) is 9.80. The van der Waals surface area contributed by atoms with Crippen molar-refractivity contribution in [2.24, 2.45) is 29.1 Å². The van der Waals surface area contributed by atoms with Crippen LogP contribution in [0.3, 0.4) is 0 Å². The molecule has 0 aromatic rings. The third-order valence-electron chi connectivity index (χ3n) is 5.15. The van der Waals surface area contributed by atoms with Gasteiger partial charge in [-0.05, 0) is 67.6 Å². The van der Waals surface area contributed by atoms with E-state index in [1.165, 1.54) is 23.7 Å². The zero-order valence-corrected chi connectivity index (χ0v) is 7.05. The van der Waals surface area contributed by atoms with Crippen LogP contribution in [-0.4, -0.2) is 0 Å². The first-order valence-electron chi connectivity index (χ1n) is 5.36. The van der Waals surface area contributed by atoms with Crippen molar-refractivity contribution < 1.29 is 0 Å². The lowest BCUT2D eigenvalue weighted by Crippen LogP contribution is -2.39. The average Bonchev–Trinajstić information content (AvgIpc) is 2.61. The molecule has 60 valence electrons. The fourth-order valence-corrected chi connectivity index (χ4v) is 5.03. The lowest BCUT2D eigenvalue weighted by molar-refractivity contribution is 0.0117. The second kappa shape index (κ2) is 1.41. The standard InChI is InChI=1S/C11H16/c1-7-2-9-3-8(1)5-11(4-7)6-10(9)11/h7-10H,1-6H2/t7?,8?,9?,10-,11?/m0/s1. The maximum Gasteiger partial charge on any atom is -0.0258 e. The Balaban J connectivity index is 1.83. The molecule has 5 aliphatic carbocycles. The summed E-state index contributed by atoms with van der Waals surface area (Å²) in [6.45, 7) is 0. The van der Waals surface area contributed by atoms with Crippen LogP contribution in [0.4, 0.5) is 0 Å². The molecule has 4 bridgehead atoms. The van der Waals surface area contributed by atoms with Gasteiger partial charge in [0.15, 0.2) is 0 Å². The van der Waals surface area contributed by atoms with Crippen LogP contribution in [0.15, 0.2) is 0 Å². The highest BCUT2D eigenvalue weighted by atomic mass is 14.7. The van der Waals surface area contributed by atoms with Gasteiger partial charge in [-0.2, -0.15) is 0 Å². The van der Waals surface area contributed by atoms with Gasteiger partial charge in [-0.3, -0.25) is 0 Å². The van der Waals surface area contributed by atoms with Gasteiger partial charge >= 0.3 is 0 Å². The van der Waals surface area contributed by atoms with Crippen LogP contribution in [-0.2, 0) is 0 Å². The Labute approximate surface area is 68.4 Å². The maximum atomic E-state index is 1.64. The first-order chi connectivity index (χ1) is 5.36. The van der Waals surface area contributed by atoms with Crippen molar-refractivity contribution in [2.45, 2.75) is 38.5 Å². The van der Waals surface area contributed by atoms with E-state index < -0.39 is 0 Å². The summed E-state index contributed by atoms with van der Waals surface area (Å²) < 4.78 is 0. The molecule has 2 unspecified atom stereocenters. The molecule has 5 fully saturated rings. The Morgan fingerprint density at radius 3 is 2.18 bits per heavy atom. The third kappa shape index (κ3) is 0.522. The molecule has 1 spiro atoms. The average molecular weight is 148 g/mol. The lowest BCUT2D eigenvalue weighted by Gasteiger charge is -2.49. The molecule has 0 aromatic heterocycles. The molecule has 0 radical (unpaired) electrons. The summed E-state index contributed by atoms with van der Waals surface area (Å²) in [4.78, 5) is 0. The molecular weight excluding hydrogens is 132 g/mol. The summed E-state index contributed by atoms with van der Waals surface area (Å²) in [6, 6.07) is 0. The fraction of sp³-hybridized carbons (Fsp3) is 1.00. The number of rotatable bonds is 0. The van der Waals surface area contributed by atoms with E-state index in [1.807, 2.05) is 0 Å². The molecule has 0 heteroatoms. The van der Waals surface area contributed by atoms with E-state index in [9.17, 15) is 0 Å². The molecule has 0 saturated heterocycles. The molecule has 0 amide bonds. The van der Waals surface area contributed by atoms with Crippen molar-refractivity contribution >= 4 is 0 Å². The van der Waals surface area contributed by atoms with E-state index in [1.54, 1.807) is 38.5 Å². The zero-order valence-electron chi connectivity index (χ0n) is 7.05. The summed E-state index contributed by atoms with van der Waals surface area (Å²) in [5, 5.41) is 0. The molecule has 0 nitrogen and oxygen atoms in total. The Hall–Kier alpha value is 0. The minimum absolute atomic E-state index is 0.967. The molecule has 0 aromatic carbocycles. The maximum absolute atomic E-state index is 1.64. The quantitative estimate of drug-likeness (QED) is 0.495. The summed E-state index contributed by atoms with van der Waals surface area (Å²) >= 11 is 0. The predicted octanol–water partition coefficient (Wildman–Crippen LogP) is 2.83. The Morgan fingerprint density at radius 1 is 0.818 bits per heavy atom. The fourth-order valence-electron chi connectivity index (χ4n) is 5.03. The molecule has 5 aliphatic rings. The highest BCUT2D eigenvalue weighted by Crippen LogP contribution is 2.75. The van der Waals surface area contributed by atoms with Gasteiger partial charge in [-0.15, -0.1) is 0 Å². The van der Waals surface area contributed by atoms with Crippen molar-refractivity contribution in [3.8, 4) is 0 Å². The lowest BCUT2D eigenvalue weighted by atomic mass is 9.56. The van der Waals surface area contributed by atoms with Crippen molar-refractivity contribution in [2.75, 3.05) is 0 Å². The van der Waals surface area contributed by atoms with Gasteiger partial charge in [0.25, 0.3) is 0 Å². The highest BCUT2D eigenvalue weighted by Gasteiger charge is 2.66. The van der Waals surface area contributed by atoms with Crippen molar-refractivity contribution in [3.05, 3.63) is 0 Å². The number of hydrogen-bond acceptors (Lipinski definition) is 0. The van der Waals surface area contributed by atoms with Gasteiger partial charge in [-0.25, -0.2) is 0 Å². The summed E-state index contributed by atoms with van der Waals surface area (Å²) in [5.74, 6) is 4.81. The Morgan fingerprint density at radius 2 is 1.55 bits per heavy atom. The molecule has 5 saturated carbocycles. The zero-order chi connectivity index (χ0) is 7.05. The molecule has 3 atom stereocenters. The van der Waals surface area contributed by atoms with E-state index in [0.717, 1.165) is 5.41 Å². The normalized spacial score (nSPS) is 69.8. The molecule has 5 rings (SSSR count). The largest absolute Gasteiger partial charge is 0.0475 e. The first-order valence-corrected chi connectivity index (χ1v) is 5.36. The van der Waals surface area contributed by atoms with E-state index in [0.29, 0.717) is 0 Å². The third-order valence-corrected chi connectivity index (χ3v) is 5.15. The second-order valence-corrected chi connectivity index (χ2v) is 5.78. The van der Waals surface area contributed by atoms with Gasteiger partial charge in [-0.1, -0.05) is 0 Å². The van der Waals surface area contributed by atoms with Crippen LogP contribution < -0.4 is 0 Å². The first kappa shape index (κ1) is 5.61. The summed E-state index contributed by atoms with van der Waals surface area (Å²) in [7, 11) is 0. The van der Waals surface area contributed by atoms with Gasteiger partial charge in [0, 0.05) is 0 Å². The molecule has 0 heterocycles. The van der Waals surface area contributed by atoms with Crippen LogP contribution in [0.1, 0.15) is 38.5 Å². The van der Waals surface area contributed by atoms with Crippen LogP contribution >= 0.6 is 0 Å². The van der Waals surface area contributed by atoms with E-state index in [4.69, 9.17) is 0 Å². The van der Waals surface area contributed by atoms with Crippen LogP contribution in [0.25, 0.3) is 0 Å². The van der Waals surface area contributed by atoms with Crippen LogP contribution in [0, 0.1) is 29.1 Å². The highest BCUT2D eigenvalue weighted by molar-refractivity contribution is 5.15. The van der Waals surface area contributed by atoms with Crippen molar-refractivity contribution in [3.63, 3.8) is 0 Å². The Bertz CT molecular complexity index is 204. The monoisotopic (exact) mass is 148 g/mol. The molecule has 0 aliphatic heterocycles. The molecular formula is C11H16. The van der Waals surface area contributed by atoms with Gasteiger partial charge in [0.05, 0.1) is 0 Å². The van der Waals surface area contributed by atoms with Gasteiger partial charge in [0.1, 0.15) is 0 Å². The van der Waals surface area contributed by atoms with E-state index >= 15 is 0 Å². The molecule has 11 heavy (non-hydrogen) atoms. The summed E-state index contributed by atoms with van der Waals surface area (Å²) in [5.41, 5.74) is 0.967. The van der Waals surface area contributed by atoms with Gasteiger partial charge in [0.2, 0.25) is 0 Å². The minimum Gasteiger partial charge on any atom is -0.0475 e. The predicted molar refractivity (Wildman–Crippen MR) is 44.1 cm³/mol. The van der Waals surface area contributed by atoms with E-state index in [-0.39, 0.29) is 0 Å². The van der Waals surface area contributed by atoms with Crippen LogP contribution in [0.5, 0.6) is 0 Å². The van der Waals surface area contributed by atoms with Crippen molar-refractivity contribution in [1.29, 1.82) is 0 Å². The minimum atomic E-state index is 0.967. The van der Waals surface area contributed by atoms with Gasteiger partial charge < -0.3 is 0 Å². The second-order valence-electron chi connectivity index (χ2n) is 5.78. The van der Waals surface area contributed by atoms with E-state index in [2.05, 4.69) is 0 Å². The number of hydrogen-bond donors (Lipinski definition) is 0. The van der Waals surface area contributed by atoms with Crippen molar-refractivity contribution in [1.82, 2.24) is 0 Å². The smallest absolute Gasteiger partial charge is 0.0258 e. The topological polar surface area (TPSA) is 0 Å².